The molecule has 0 bridgehead atoms. The van der Waals surface area contributed by atoms with E-state index in [0.29, 0.717) is 11.4 Å². The van der Waals surface area contributed by atoms with Gasteiger partial charge in [0.1, 0.15) is 23.7 Å². The van der Waals surface area contributed by atoms with E-state index in [-0.39, 0.29) is 6.61 Å². The molecule has 1 aromatic carbocycles. The molecule has 0 fully saturated rings. The van der Waals surface area contributed by atoms with Gasteiger partial charge in [-0.1, -0.05) is 10.3 Å². The van der Waals surface area contributed by atoms with Gasteiger partial charge in [0.05, 0.1) is 0 Å². The number of aliphatic carboxylic acids is 1. The zero-order valence-electron chi connectivity index (χ0n) is 12.1. The van der Waals surface area contributed by atoms with Crippen molar-refractivity contribution >= 4 is 12.0 Å². The summed E-state index contributed by atoms with van der Waals surface area (Å²) in [7, 11) is 0. The molecule has 6 heteroatoms. The number of benzene rings is 1. The molecule has 0 aliphatic carbocycles. The van der Waals surface area contributed by atoms with Gasteiger partial charge in [0.15, 0.2) is 0 Å². The highest BCUT2D eigenvalue weighted by molar-refractivity contribution is 5.85. The molecule has 6 nitrogen and oxygen atoms in total. The molecule has 0 saturated carbocycles. The first-order valence-electron chi connectivity index (χ1n) is 6.40. The molecule has 1 N–H and O–H groups in total. The van der Waals surface area contributed by atoms with E-state index in [0.717, 1.165) is 28.5 Å². The maximum atomic E-state index is 10.5. The molecule has 1 aromatic heterocycles. The molecule has 2 rings (SSSR count). The van der Waals surface area contributed by atoms with E-state index in [4.69, 9.17) is 9.84 Å². The molecule has 0 saturated heterocycles. The Hall–Kier alpha value is -2.63. The van der Waals surface area contributed by atoms with Gasteiger partial charge < -0.3 is 9.84 Å². The predicted molar refractivity (Wildman–Crippen MR) is 76.0 cm³/mol. The zero-order valence-corrected chi connectivity index (χ0v) is 12.1. The first kappa shape index (κ1) is 14.8. The number of carbonyl (C=O) groups is 1. The lowest BCUT2D eigenvalue weighted by Crippen LogP contribution is -2.01. The maximum absolute atomic E-state index is 10.5. The predicted octanol–water partition coefficient (Wildman–Crippen LogP) is 2.67. The van der Waals surface area contributed by atoms with Gasteiger partial charge in [-0.15, -0.1) is 0 Å². The van der Waals surface area contributed by atoms with Crippen LogP contribution in [0.25, 0.3) is 6.08 Å². The third kappa shape index (κ3) is 3.68. The Morgan fingerprint density at radius 2 is 1.95 bits per heavy atom. The van der Waals surface area contributed by atoms with Gasteiger partial charge in [0.2, 0.25) is 0 Å². The smallest absolute Gasteiger partial charge is 0.328 e. The second-order valence-electron chi connectivity index (χ2n) is 4.74. The Kier molecular flexibility index (Phi) is 4.37. The van der Waals surface area contributed by atoms with Gasteiger partial charge in [0, 0.05) is 6.08 Å². The average Bonchev–Trinajstić information content (AvgIpc) is 2.81. The van der Waals surface area contributed by atoms with Crippen LogP contribution in [0.15, 0.2) is 22.8 Å². The van der Waals surface area contributed by atoms with Gasteiger partial charge in [-0.3, -0.25) is 0 Å². The van der Waals surface area contributed by atoms with Crippen molar-refractivity contribution in [1.29, 1.82) is 0 Å². The number of hydrogen-bond donors (Lipinski definition) is 1. The summed E-state index contributed by atoms with van der Waals surface area (Å²) >= 11 is 0. The van der Waals surface area contributed by atoms with Crippen LogP contribution in [-0.2, 0) is 11.4 Å². The lowest BCUT2D eigenvalue weighted by Gasteiger charge is -2.12. The van der Waals surface area contributed by atoms with Crippen LogP contribution in [0.2, 0.25) is 0 Å². The Morgan fingerprint density at radius 1 is 1.29 bits per heavy atom. The largest absolute Gasteiger partial charge is 0.487 e. The van der Waals surface area contributed by atoms with Crippen molar-refractivity contribution in [3.05, 3.63) is 46.3 Å². The van der Waals surface area contributed by atoms with Crippen molar-refractivity contribution in [2.45, 2.75) is 27.4 Å². The van der Waals surface area contributed by atoms with E-state index in [1.54, 1.807) is 13.0 Å². The summed E-state index contributed by atoms with van der Waals surface area (Å²) in [5.74, 6) is -0.218. The van der Waals surface area contributed by atoms with Crippen LogP contribution in [0.5, 0.6) is 5.75 Å². The Labute approximate surface area is 122 Å². The van der Waals surface area contributed by atoms with Crippen LogP contribution < -0.4 is 4.74 Å². The normalized spacial score (nSPS) is 11.0. The van der Waals surface area contributed by atoms with E-state index in [1.807, 2.05) is 26.0 Å². The molecule has 2 aromatic rings. The second kappa shape index (κ2) is 6.21. The number of aryl methyl sites for hydroxylation is 3. The minimum atomic E-state index is -0.973. The number of aromatic nitrogens is 2. The molecular weight excluding hydrogens is 272 g/mol. The summed E-state index contributed by atoms with van der Waals surface area (Å²) in [4.78, 5) is 10.5. The van der Waals surface area contributed by atoms with Gasteiger partial charge in [-0.25, -0.2) is 9.42 Å². The number of hydrogen-bond acceptors (Lipinski definition) is 5. The number of ether oxygens (including phenoxy) is 1. The highest BCUT2D eigenvalue weighted by Crippen LogP contribution is 2.26. The topological polar surface area (TPSA) is 85.5 Å². The number of carboxylic acid groups (broad SMARTS) is 1. The second-order valence-corrected chi connectivity index (χ2v) is 4.74. The van der Waals surface area contributed by atoms with Gasteiger partial charge in [-0.05, 0) is 55.7 Å². The van der Waals surface area contributed by atoms with Crippen LogP contribution in [-0.4, -0.2) is 21.4 Å². The van der Waals surface area contributed by atoms with Crippen molar-refractivity contribution in [2.24, 2.45) is 0 Å². The highest BCUT2D eigenvalue weighted by atomic mass is 16.6. The fourth-order valence-corrected chi connectivity index (χ4v) is 2.00. The van der Waals surface area contributed by atoms with Crippen molar-refractivity contribution in [3.8, 4) is 5.75 Å². The quantitative estimate of drug-likeness (QED) is 0.851. The summed E-state index contributed by atoms with van der Waals surface area (Å²) in [6.07, 6.45) is 2.66. The molecule has 21 heavy (non-hydrogen) atoms. The van der Waals surface area contributed by atoms with Crippen LogP contribution in [0, 0.1) is 20.8 Å². The van der Waals surface area contributed by atoms with E-state index < -0.39 is 5.97 Å². The third-order valence-electron chi connectivity index (χ3n) is 3.00. The summed E-state index contributed by atoms with van der Waals surface area (Å²) < 4.78 is 10.4. The minimum Gasteiger partial charge on any atom is -0.487 e. The lowest BCUT2D eigenvalue weighted by atomic mass is 10.1. The number of rotatable bonds is 5. The van der Waals surface area contributed by atoms with Crippen molar-refractivity contribution in [2.75, 3.05) is 0 Å². The van der Waals surface area contributed by atoms with Crippen LogP contribution >= 0.6 is 0 Å². The molecule has 0 aliphatic heterocycles. The van der Waals surface area contributed by atoms with E-state index in [2.05, 4.69) is 14.9 Å². The molecule has 1 heterocycles. The SMILES string of the molecule is Cc1cc(C=CC(=O)O)cc(C)c1OCc1nonc1C. The first-order chi connectivity index (χ1) is 9.97. The molecule has 110 valence electrons. The highest BCUT2D eigenvalue weighted by Gasteiger charge is 2.10. The molecule has 0 spiro atoms. The fraction of sp³-hybridized carbons (Fsp3) is 0.267. The van der Waals surface area contributed by atoms with Crippen molar-refractivity contribution in [1.82, 2.24) is 10.3 Å². The monoisotopic (exact) mass is 288 g/mol. The molecular formula is C15H16N2O4. The van der Waals surface area contributed by atoms with Crippen LogP contribution in [0.3, 0.4) is 0 Å². The van der Waals surface area contributed by atoms with Crippen LogP contribution in [0.1, 0.15) is 28.1 Å². The van der Waals surface area contributed by atoms with Crippen molar-refractivity contribution < 1.29 is 19.3 Å². The minimum absolute atomic E-state index is 0.279. The average molecular weight is 288 g/mol. The Bertz CT molecular complexity index is 666. The van der Waals surface area contributed by atoms with Crippen LogP contribution in [0.4, 0.5) is 0 Å². The Balaban J connectivity index is 2.17. The molecule has 0 amide bonds. The fourth-order valence-electron chi connectivity index (χ4n) is 2.00. The Morgan fingerprint density at radius 3 is 2.48 bits per heavy atom. The van der Waals surface area contributed by atoms with Gasteiger partial charge in [0.25, 0.3) is 0 Å². The van der Waals surface area contributed by atoms with Gasteiger partial charge in [-0.2, -0.15) is 0 Å². The number of nitrogens with zero attached hydrogens (tertiary/aromatic N) is 2. The van der Waals surface area contributed by atoms with Crippen molar-refractivity contribution in [3.63, 3.8) is 0 Å². The summed E-state index contributed by atoms with van der Waals surface area (Å²) in [5.41, 5.74) is 4.03. The van der Waals surface area contributed by atoms with Gasteiger partial charge >= 0.3 is 5.97 Å². The summed E-state index contributed by atoms with van der Waals surface area (Å²) in [6, 6.07) is 3.74. The third-order valence-corrected chi connectivity index (χ3v) is 3.00. The molecule has 0 aliphatic rings. The first-order valence-corrected chi connectivity index (χ1v) is 6.40. The molecule has 0 radical (unpaired) electrons. The summed E-state index contributed by atoms with van der Waals surface area (Å²) in [6.45, 7) is 5.90. The summed E-state index contributed by atoms with van der Waals surface area (Å²) in [5, 5.41) is 16.1. The van der Waals surface area contributed by atoms with E-state index in [9.17, 15) is 4.79 Å². The standard InChI is InChI=1S/C15H16N2O4/c1-9-6-12(4-5-14(18)19)7-10(2)15(9)20-8-13-11(3)16-21-17-13/h4-7H,8H2,1-3H3,(H,18,19). The van der Waals surface area contributed by atoms with E-state index >= 15 is 0 Å². The number of carboxylic acids is 1. The molecule has 0 unspecified atom stereocenters. The maximum Gasteiger partial charge on any atom is 0.328 e. The zero-order chi connectivity index (χ0) is 15.4. The molecule has 0 atom stereocenters. The lowest BCUT2D eigenvalue weighted by molar-refractivity contribution is -0.131. The van der Waals surface area contributed by atoms with E-state index in [1.165, 1.54) is 0 Å².